The monoisotopic (exact) mass is 250 g/mol. The average Bonchev–Trinajstić information content (AvgIpc) is 2.97. The minimum Gasteiger partial charge on any atom is -0.376 e. The highest BCUT2D eigenvalue weighted by Crippen LogP contribution is 2.23. The number of rotatable bonds is 5. The third-order valence-electron chi connectivity index (χ3n) is 2.99. The molecule has 7 nitrogen and oxygen atoms in total. The van der Waals surface area contributed by atoms with E-state index in [1.165, 1.54) is 12.7 Å². The molecule has 0 spiro atoms. The van der Waals surface area contributed by atoms with Gasteiger partial charge in [0.15, 0.2) is 11.5 Å². The number of nitrogens with zero attached hydrogens (tertiary/aromatic N) is 3. The Kier molecular flexibility index (Phi) is 3.07. The molecule has 0 amide bonds. The van der Waals surface area contributed by atoms with Gasteiger partial charge in [-0.3, -0.25) is 0 Å². The van der Waals surface area contributed by atoms with Crippen LogP contribution in [0.5, 0.6) is 0 Å². The van der Waals surface area contributed by atoms with Crippen LogP contribution in [-0.4, -0.2) is 28.0 Å². The van der Waals surface area contributed by atoms with Crippen molar-refractivity contribution in [1.29, 1.82) is 0 Å². The zero-order valence-electron chi connectivity index (χ0n) is 9.78. The Morgan fingerprint density at radius 2 is 2.33 bits per heavy atom. The van der Waals surface area contributed by atoms with Crippen molar-refractivity contribution in [1.82, 2.24) is 15.3 Å². The molecule has 0 aliphatic heterocycles. The molecule has 96 valence electrons. The first-order valence-corrected chi connectivity index (χ1v) is 5.94. The van der Waals surface area contributed by atoms with Crippen LogP contribution < -0.4 is 5.73 Å². The molecular formula is C11H14N4O3. The lowest BCUT2D eigenvalue weighted by molar-refractivity contribution is -0.00549. The fraction of sp³-hybridized carbons (Fsp3) is 0.545. The van der Waals surface area contributed by atoms with Gasteiger partial charge in [-0.15, -0.1) is 0 Å². The Labute approximate surface area is 103 Å². The molecule has 0 saturated heterocycles. The first kappa shape index (κ1) is 11.4. The lowest BCUT2D eigenvalue weighted by Gasteiger charge is -2.26. The largest absolute Gasteiger partial charge is 0.376 e. The van der Waals surface area contributed by atoms with E-state index in [1.54, 1.807) is 6.07 Å². The van der Waals surface area contributed by atoms with Crippen LogP contribution >= 0.6 is 0 Å². The van der Waals surface area contributed by atoms with Gasteiger partial charge in [-0.2, -0.15) is 4.98 Å². The van der Waals surface area contributed by atoms with Crippen LogP contribution in [0.1, 0.15) is 31.1 Å². The highest BCUT2D eigenvalue weighted by atomic mass is 16.5. The molecule has 7 heteroatoms. The SMILES string of the molecule is NC(COC1CCC1)c1noc(-c2ccon2)n1. The van der Waals surface area contributed by atoms with Crippen molar-refractivity contribution in [2.75, 3.05) is 6.61 Å². The Morgan fingerprint density at radius 1 is 1.44 bits per heavy atom. The van der Waals surface area contributed by atoms with Gasteiger partial charge in [-0.05, 0) is 19.3 Å². The van der Waals surface area contributed by atoms with Gasteiger partial charge in [0, 0.05) is 6.07 Å². The van der Waals surface area contributed by atoms with Crippen LogP contribution in [0.15, 0.2) is 21.4 Å². The minimum atomic E-state index is -0.380. The number of ether oxygens (including phenoxy) is 1. The van der Waals surface area contributed by atoms with E-state index in [0.717, 1.165) is 12.8 Å². The zero-order valence-corrected chi connectivity index (χ0v) is 9.78. The molecule has 1 aliphatic rings. The van der Waals surface area contributed by atoms with Crippen molar-refractivity contribution >= 4 is 0 Å². The maximum atomic E-state index is 5.93. The second-order valence-corrected chi connectivity index (χ2v) is 4.34. The average molecular weight is 250 g/mol. The van der Waals surface area contributed by atoms with Crippen molar-refractivity contribution in [3.8, 4) is 11.6 Å². The summed E-state index contributed by atoms with van der Waals surface area (Å²) in [5.41, 5.74) is 6.44. The summed E-state index contributed by atoms with van der Waals surface area (Å²) in [5, 5.41) is 7.53. The molecule has 2 heterocycles. The topological polar surface area (TPSA) is 100 Å². The molecule has 0 radical (unpaired) electrons. The second kappa shape index (κ2) is 4.87. The van der Waals surface area contributed by atoms with Gasteiger partial charge in [-0.1, -0.05) is 10.3 Å². The Balaban J connectivity index is 1.61. The van der Waals surface area contributed by atoms with Gasteiger partial charge in [0.2, 0.25) is 0 Å². The van der Waals surface area contributed by atoms with Crippen LogP contribution in [0, 0.1) is 0 Å². The standard InChI is InChI=1S/C11H14N4O3/c12-8(6-16-7-2-1-3-7)10-13-11(18-15-10)9-4-5-17-14-9/h4-5,7-8H,1-3,6,12H2. The summed E-state index contributed by atoms with van der Waals surface area (Å²) < 4.78 is 15.4. The fourth-order valence-electron chi connectivity index (χ4n) is 1.66. The van der Waals surface area contributed by atoms with E-state index >= 15 is 0 Å². The van der Waals surface area contributed by atoms with Gasteiger partial charge in [0.25, 0.3) is 5.89 Å². The van der Waals surface area contributed by atoms with Gasteiger partial charge < -0.3 is 19.5 Å². The molecule has 3 rings (SSSR count). The Morgan fingerprint density at radius 3 is 3.00 bits per heavy atom. The third kappa shape index (κ3) is 2.27. The van der Waals surface area contributed by atoms with Crippen LogP contribution in [0.3, 0.4) is 0 Å². The molecule has 1 aliphatic carbocycles. The molecule has 2 aromatic heterocycles. The number of aromatic nitrogens is 3. The van der Waals surface area contributed by atoms with Gasteiger partial charge in [-0.25, -0.2) is 0 Å². The predicted octanol–water partition coefficient (Wildman–Crippen LogP) is 1.29. The summed E-state index contributed by atoms with van der Waals surface area (Å²) >= 11 is 0. The van der Waals surface area contributed by atoms with Crippen LogP contribution in [-0.2, 0) is 4.74 Å². The minimum absolute atomic E-state index is 0.304. The first-order chi connectivity index (χ1) is 8.83. The second-order valence-electron chi connectivity index (χ2n) is 4.34. The van der Waals surface area contributed by atoms with Crippen LogP contribution in [0.2, 0.25) is 0 Å². The molecule has 0 aromatic carbocycles. The molecule has 2 N–H and O–H groups in total. The molecule has 1 unspecified atom stereocenters. The Hall–Kier alpha value is -1.73. The number of hydrogen-bond donors (Lipinski definition) is 1. The van der Waals surface area contributed by atoms with E-state index in [4.69, 9.17) is 19.5 Å². The van der Waals surface area contributed by atoms with E-state index < -0.39 is 0 Å². The van der Waals surface area contributed by atoms with Crippen molar-refractivity contribution in [3.05, 3.63) is 18.2 Å². The van der Waals surface area contributed by atoms with Crippen LogP contribution in [0.25, 0.3) is 11.6 Å². The maximum absolute atomic E-state index is 5.93. The van der Waals surface area contributed by atoms with Gasteiger partial charge >= 0.3 is 0 Å². The van der Waals surface area contributed by atoms with E-state index in [9.17, 15) is 0 Å². The smallest absolute Gasteiger partial charge is 0.280 e. The van der Waals surface area contributed by atoms with Crippen LogP contribution in [0.4, 0.5) is 0 Å². The van der Waals surface area contributed by atoms with E-state index in [1.807, 2.05) is 0 Å². The lowest BCUT2D eigenvalue weighted by atomic mass is 9.96. The number of nitrogens with two attached hydrogens (primary N) is 1. The number of hydrogen-bond acceptors (Lipinski definition) is 7. The summed E-state index contributed by atoms with van der Waals surface area (Å²) in [4.78, 5) is 4.17. The van der Waals surface area contributed by atoms with Gasteiger partial charge in [0.05, 0.1) is 18.8 Å². The highest BCUT2D eigenvalue weighted by Gasteiger charge is 2.22. The van der Waals surface area contributed by atoms with Crippen molar-refractivity contribution < 1.29 is 13.8 Å². The summed E-state index contributed by atoms with van der Waals surface area (Å²) in [6, 6.07) is 1.27. The van der Waals surface area contributed by atoms with E-state index in [0.29, 0.717) is 30.1 Å². The van der Waals surface area contributed by atoms with Crippen molar-refractivity contribution in [2.45, 2.75) is 31.4 Å². The van der Waals surface area contributed by atoms with E-state index in [2.05, 4.69) is 15.3 Å². The third-order valence-corrected chi connectivity index (χ3v) is 2.99. The highest BCUT2D eigenvalue weighted by molar-refractivity contribution is 5.43. The van der Waals surface area contributed by atoms with Gasteiger partial charge in [0.1, 0.15) is 6.26 Å². The quantitative estimate of drug-likeness (QED) is 0.853. The predicted molar refractivity (Wildman–Crippen MR) is 60.3 cm³/mol. The lowest BCUT2D eigenvalue weighted by Crippen LogP contribution is -2.27. The Bertz CT molecular complexity index is 492. The first-order valence-electron chi connectivity index (χ1n) is 5.94. The molecule has 18 heavy (non-hydrogen) atoms. The summed E-state index contributed by atoms with van der Waals surface area (Å²) in [7, 11) is 0. The maximum Gasteiger partial charge on any atom is 0.280 e. The molecular weight excluding hydrogens is 236 g/mol. The summed E-state index contributed by atoms with van der Waals surface area (Å²) in [6.07, 6.45) is 5.25. The van der Waals surface area contributed by atoms with Crippen molar-refractivity contribution in [3.63, 3.8) is 0 Å². The summed E-state index contributed by atoms with van der Waals surface area (Å²) in [5.74, 6) is 0.727. The fourth-order valence-corrected chi connectivity index (χ4v) is 1.66. The molecule has 1 saturated carbocycles. The molecule has 1 fully saturated rings. The summed E-state index contributed by atoms with van der Waals surface area (Å²) in [6.45, 7) is 0.405. The molecule has 0 bridgehead atoms. The van der Waals surface area contributed by atoms with E-state index in [-0.39, 0.29) is 6.04 Å². The zero-order chi connectivity index (χ0) is 12.4. The normalized spacial score (nSPS) is 17.6. The molecule has 1 atom stereocenters. The van der Waals surface area contributed by atoms with Crippen molar-refractivity contribution in [2.24, 2.45) is 5.73 Å². The molecule has 2 aromatic rings.